The van der Waals surface area contributed by atoms with Crippen LogP contribution in [0.1, 0.15) is 23.2 Å². The van der Waals surface area contributed by atoms with E-state index in [4.69, 9.17) is 0 Å². The Morgan fingerprint density at radius 3 is 2.71 bits per heavy atom. The van der Waals surface area contributed by atoms with E-state index < -0.39 is 11.4 Å². The van der Waals surface area contributed by atoms with Crippen molar-refractivity contribution in [3.8, 4) is 0 Å². The molecule has 0 spiro atoms. The van der Waals surface area contributed by atoms with Crippen molar-refractivity contribution < 1.29 is 14.3 Å². The molecule has 0 atom stereocenters. The molecular formula is C15H15FN2O3. The van der Waals surface area contributed by atoms with Crippen molar-refractivity contribution in [2.24, 2.45) is 0 Å². The normalized spacial score (nSPS) is 16.4. The molecule has 0 bridgehead atoms. The molecule has 5 nitrogen and oxygen atoms in total. The molecule has 1 aliphatic rings. The third-order valence-corrected chi connectivity index (χ3v) is 3.79. The van der Waals surface area contributed by atoms with Crippen LogP contribution in [0.2, 0.25) is 0 Å². The van der Waals surface area contributed by atoms with Crippen LogP contribution < -0.4 is 5.56 Å². The number of halogens is 1. The summed E-state index contributed by atoms with van der Waals surface area (Å²) in [4.78, 5) is 28.4. The summed E-state index contributed by atoms with van der Waals surface area (Å²) >= 11 is 0. The maximum absolute atomic E-state index is 13.4. The van der Waals surface area contributed by atoms with E-state index in [1.54, 1.807) is 4.90 Å². The molecule has 0 unspecified atom stereocenters. The summed E-state index contributed by atoms with van der Waals surface area (Å²) in [7, 11) is 0. The van der Waals surface area contributed by atoms with E-state index in [9.17, 15) is 19.1 Å². The van der Waals surface area contributed by atoms with E-state index in [0.717, 1.165) is 0 Å². The van der Waals surface area contributed by atoms with Gasteiger partial charge in [0.1, 0.15) is 5.82 Å². The molecule has 0 saturated carbocycles. The molecule has 2 aromatic rings. The lowest BCUT2D eigenvalue weighted by Gasteiger charge is -2.29. The molecular weight excluding hydrogens is 275 g/mol. The number of fused-ring (bicyclic) bond motifs is 1. The van der Waals surface area contributed by atoms with E-state index >= 15 is 0 Å². The van der Waals surface area contributed by atoms with Gasteiger partial charge in [0, 0.05) is 30.1 Å². The average molecular weight is 290 g/mol. The molecule has 110 valence electrons. The van der Waals surface area contributed by atoms with Gasteiger partial charge in [0.15, 0.2) is 0 Å². The van der Waals surface area contributed by atoms with Crippen LogP contribution in [-0.2, 0) is 0 Å². The lowest BCUT2D eigenvalue weighted by molar-refractivity contribution is 0.0548. The van der Waals surface area contributed by atoms with Crippen LogP contribution >= 0.6 is 0 Å². The number of pyridine rings is 1. The van der Waals surface area contributed by atoms with Crippen LogP contribution in [-0.4, -0.2) is 40.1 Å². The lowest BCUT2D eigenvalue weighted by atomic mass is 10.0. The van der Waals surface area contributed by atoms with Gasteiger partial charge in [-0.2, -0.15) is 0 Å². The number of benzene rings is 1. The Bertz CT molecular complexity index is 748. The predicted octanol–water partition coefficient (Wildman–Crippen LogP) is 1.26. The van der Waals surface area contributed by atoms with Gasteiger partial charge in [-0.25, -0.2) is 4.39 Å². The second-order valence-electron chi connectivity index (χ2n) is 5.26. The SMILES string of the molecule is O=C(c1cc(=O)[nH]c2ccc(F)cc12)N1CCC(O)CC1. The Labute approximate surface area is 120 Å². The number of carbonyl (C=O) groups excluding carboxylic acids is 1. The van der Waals surface area contributed by atoms with E-state index in [1.807, 2.05) is 0 Å². The molecule has 2 N–H and O–H groups in total. The van der Waals surface area contributed by atoms with Gasteiger partial charge >= 0.3 is 0 Å². The summed E-state index contributed by atoms with van der Waals surface area (Å²) in [5.74, 6) is -0.763. The first kappa shape index (κ1) is 13.8. The maximum Gasteiger partial charge on any atom is 0.254 e. The zero-order valence-corrected chi connectivity index (χ0v) is 11.3. The van der Waals surface area contributed by atoms with Crippen LogP contribution in [0.3, 0.4) is 0 Å². The number of nitrogens with zero attached hydrogens (tertiary/aromatic N) is 1. The number of aromatic nitrogens is 1. The summed E-state index contributed by atoms with van der Waals surface area (Å²) in [6, 6.07) is 5.14. The second kappa shape index (κ2) is 5.29. The Kier molecular flexibility index (Phi) is 3.47. The molecule has 1 aromatic heterocycles. The summed E-state index contributed by atoms with van der Waals surface area (Å²) in [5, 5.41) is 9.88. The van der Waals surface area contributed by atoms with E-state index in [-0.39, 0.29) is 17.6 Å². The van der Waals surface area contributed by atoms with Crippen molar-refractivity contribution in [2.75, 3.05) is 13.1 Å². The Morgan fingerprint density at radius 1 is 1.29 bits per heavy atom. The number of H-pyrrole nitrogens is 1. The summed E-state index contributed by atoms with van der Waals surface area (Å²) in [6.07, 6.45) is 0.644. The minimum Gasteiger partial charge on any atom is -0.393 e. The standard InChI is InChI=1S/C15H15FN2O3/c16-9-1-2-13-11(7-9)12(8-14(20)17-13)15(21)18-5-3-10(19)4-6-18/h1-2,7-8,10,19H,3-6H2,(H,17,20). The van der Waals surface area contributed by atoms with Crippen LogP contribution in [0.25, 0.3) is 10.9 Å². The number of hydrogen-bond donors (Lipinski definition) is 2. The number of carbonyl (C=O) groups is 1. The molecule has 2 heterocycles. The highest BCUT2D eigenvalue weighted by atomic mass is 19.1. The van der Waals surface area contributed by atoms with Gasteiger partial charge in [0.2, 0.25) is 5.56 Å². The van der Waals surface area contributed by atoms with Crippen molar-refractivity contribution in [1.82, 2.24) is 9.88 Å². The smallest absolute Gasteiger partial charge is 0.254 e. The molecule has 3 rings (SSSR count). The molecule has 1 amide bonds. The molecule has 21 heavy (non-hydrogen) atoms. The van der Waals surface area contributed by atoms with Gasteiger partial charge < -0.3 is 15.0 Å². The fourth-order valence-electron chi connectivity index (χ4n) is 2.64. The largest absolute Gasteiger partial charge is 0.393 e. The van der Waals surface area contributed by atoms with Gasteiger partial charge in [-0.1, -0.05) is 0 Å². The lowest BCUT2D eigenvalue weighted by Crippen LogP contribution is -2.40. The first-order valence-corrected chi connectivity index (χ1v) is 6.84. The van der Waals surface area contributed by atoms with Gasteiger partial charge in [0.25, 0.3) is 5.91 Å². The summed E-state index contributed by atoms with van der Waals surface area (Å²) in [6.45, 7) is 0.868. The average Bonchev–Trinajstić information content (AvgIpc) is 2.47. The fourth-order valence-corrected chi connectivity index (χ4v) is 2.64. The first-order valence-electron chi connectivity index (χ1n) is 6.84. The fraction of sp³-hybridized carbons (Fsp3) is 0.333. The number of likely N-dealkylation sites (tertiary alicyclic amines) is 1. The van der Waals surface area contributed by atoms with Crippen molar-refractivity contribution >= 4 is 16.8 Å². The van der Waals surface area contributed by atoms with Crippen molar-refractivity contribution in [2.45, 2.75) is 18.9 Å². The monoisotopic (exact) mass is 290 g/mol. The van der Waals surface area contributed by atoms with E-state index in [0.29, 0.717) is 36.8 Å². The summed E-state index contributed by atoms with van der Waals surface area (Å²) in [5.41, 5.74) is 0.239. The van der Waals surface area contributed by atoms with E-state index in [2.05, 4.69) is 4.98 Å². The third kappa shape index (κ3) is 2.67. The number of nitrogens with one attached hydrogen (secondary N) is 1. The van der Waals surface area contributed by atoms with Crippen LogP contribution in [0, 0.1) is 5.82 Å². The predicted molar refractivity (Wildman–Crippen MR) is 75.7 cm³/mol. The van der Waals surface area contributed by atoms with Crippen LogP contribution in [0.4, 0.5) is 4.39 Å². The zero-order chi connectivity index (χ0) is 15.0. The topological polar surface area (TPSA) is 73.4 Å². The highest BCUT2D eigenvalue weighted by molar-refractivity contribution is 6.06. The number of aliphatic hydroxyl groups excluding tert-OH is 1. The first-order chi connectivity index (χ1) is 10.0. The number of hydrogen-bond acceptors (Lipinski definition) is 3. The second-order valence-corrected chi connectivity index (χ2v) is 5.26. The molecule has 1 saturated heterocycles. The maximum atomic E-state index is 13.4. The molecule has 0 radical (unpaired) electrons. The number of aliphatic hydroxyl groups is 1. The van der Waals surface area contributed by atoms with Gasteiger partial charge in [0.05, 0.1) is 11.7 Å². The third-order valence-electron chi connectivity index (χ3n) is 3.79. The van der Waals surface area contributed by atoms with Gasteiger partial charge in [-0.15, -0.1) is 0 Å². The van der Waals surface area contributed by atoms with E-state index in [1.165, 1.54) is 24.3 Å². The zero-order valence-electron chi connectivity index (χ0n) is 11.3. The van der Waals surface area contributed by atoms with Crippen molar-refractivity contribution in [3.05, 3.63) is 46.0 Å². The van der Waals surface area contributed by atoms with Crippen LogP contribution in [0.5, 0.6) is 0 Å². The molecule has 0 aliphatic carbocycles. The minimum absolute atomic E-state index is 0.199. The van der Waals surface area contributed by atoms with Gasteiger partial charge in [-0.05, 0) is 31.0 Å². The van der Waals surface area contributed by atoms with Gasteiger partial charge in [-0.3, -0.25) is 9.59 Å². The number of amides is 1. The Morgan fingerprint density at radius 2 is 2.00 bits per heavy atom. The highest BCUT2D eigenvalue weighted by Crippen LogP contribution is 2.20. The number of piperidine rings is 1. The number of aromatic amines is 1. The number of rotatable bonds is 1. The molecule has 1 aromatic carbocycles. The quantitative estimate of drug-likeness (QED) is 0.830. The van der Waals surface area contributed by atoms with Crippen molar-refractivity contribution in [3.63, 3.8) is 0 Å². The Hall–Kier alpha value is -2.21. The highest BCUT2D eigenvalue weighted by Gasteiger charge is 2.24. The molecule has 6 heteroatoms. The Balaban J connectivity index is 2.04. The van der Waals surface area contributed by atoms with Crippen molar-refractivity contribution in [1.29, 1.82) is 0 Å². The van der Waals surface area contributed by atoms with Crippen LogP contribution in [0.15, 0.2) is 29.1 Å². The summed E-state index contributed by atoms with van der Waals surface area (Å²) < 4.78 is 13.4. The molecule has 1 aliphatic heterocycles. The minimum atomic E-state index is -0.460. The molecule has 1 fully saturated rings.